The fraction of sp³-hybridized carbons (Fsp3) is 0.556. The normalized spacial score (nSPS) is 27.7. The molecule has 0 bridgehead atoms. The summed E-state index contributed by atoms with van der Waals surface area (Å²) in [6.45, 7) is 3.55. The van der Waals surface area contributed by atoms with Crippen molar-refractivity contribution >= 4 is 11.9 Å². The van der Waals surface area contributed by atoms with Crippen molar-refractivity contribution < 1.29 is 9.59 Å². The second kappa shape index (κ2) is 2.87. The molecule has 2 aliphatic rings. The van der Waals surface area contributed by atoms with Gasteiger partial charge in [-0.2, -0.15) is 0 Å². The van der Waals surface area contributed by atoms with Crippen LogP contribution < -0.4 is 5.32 Å². The average Bonchev–Trinajstić information content (AvgIpc) is 2.84. The van der Waals surface area contributed by atoms with Crippen LogP contribution in [-0.2, 0) is 4.79 Å². The minimum absolute atomic E-state index is 0.0904. The van der Waals surface area contributed by atoms with Crippen LogP contribution in [0.1, 0.15) is 19.3 Å². The van der Waals surface area contributed by atoms with Crippen LogP contribution in [0.2, 0.25) is 0 Å². The lowest BCUT2D eigenvalue weighted by Crippen LogP contribution is -2.33. The lowest BCUT2D eigenvalue weighted by molar-refractivity contribution is -0.127. The molecule has 70 valence electrons. The van der Waals surface area contributed by atoms with Gasteiger partial charge < -0.3 is 5.32 Å². The van der Waals surface area contributed by atoms with Crippen LogP contribution in [0.15, 0.2) is 12.7 Å². The number of carbonyl (C=O) groups is 2. The molecule has 0 aromatic heterocycles. The van der Waals surface area contributed by atoms with Gasteiger partial charge in [-0.25, -0.2) is 4.79 Å². The van der Waals surface area contributed by atoms with Crippen LogP contribution in [0.25, 0.3) is 0 Å². The van der Waals surface area contributed by atoms with Crippen molar-refractivity contribution in [2.75, 3.05) is 0 Å². The van der Waals surface area contributed by atoms with Crippen molar-refractivity contribution in [3.05, 3.63) is 12.7 Å². The second-order valence-corrected chi connectivity index (χ2v) is 3.47. The molecule has 2 fully saturated rings. The fourth-order valence-electron chi connectivity index (χ4n) is 1.55. The zero-order chi connectivity index (χ0) is 9.42. The molecule has 13 heavy (non-hydrogen) atoms. The maximum Gasteiger partial charge on any atom is 0.325 e. The quantitative estimate of drug-likeness (QED) is 0.512. The first kappa shape index (κ1) is 8.29. The SMILES string of the molecule is C=CCC1NC(=O)N(C2CC2)C1=O. The van der Waals surface area contributed by atoms with Gasteiger partial charge in [0.25, 0.3) is 5.91 Å². The van der Waals surface area contributed by atoms with Gasteiger partial charge in [0.15, 0.2) is 0 Å². The predicted molar refractivity (Wildman–Crippen MR) is 47.0 cm³/mol. The number of amides is 3. The molecule has 0 aromatic rings. The summed E-state index contributed by atoms with van der Waals surface area (Å²) in [5.41, 5.74) is 0. The zero-order valence-electron chi connectivity index (χ0n) is 7.32. The van der Waals surface area contributed by atoms with Crippen LogP contribution in [0.4, 0.5) is 4.79 Å². The van der Waals surface area contributed by atoms with E-state index < -0.39 is 0 Å². The van der Waals surface area contributed by atoms with Gasteiger partial charge in [0, 0.05) is 6.04 Å². The van der Waals surface area contributed by atoms with E-state index in [1.54, 1.807) is 6.08 Å². The van der Waals surface area contributed by atoms with Crippen molar-refractivity contribution in [2.45, 2.75) is 31.3 Å². The number of imide groups is 1. The van der Waals surface area contributed by atoms with E-state index in [9.17, 15) is 9.59 Å². The zero-order valence-corrected chi connectivity index (χ0v) is 7.32. The number of nitrogens with one attached hydrogen (secondary N) is 1. The molecule has 0 spiro atoms. The summed E-state index contributed by atoms with van der Waals surface area (Å²) in [7, 11) is 0. The monoisotopic (exact) mass is 180 g/mol. The molecule has 2 rings (SSSR count). The van der Waals surface area contributed by atoms with E-state index in [0.29, 0.717) is 6.42 Å². The third-order valence-corrected chi connectivity index (χ3v) is 2.37. The summed E-state index contributed by atoms with van der Waals surface area (Å²) >= 11 is 0. The van der Waals surface area contributed by atoms with E-state index in [1.165, 1.54) is 4.90 Å². The molecule has 1 aliphatic heterocycles. The standard InChI is InChI=1S/C9H12N2O2/c1-2-3-7-8(12)11(6-4-5-6)9(13)10-7/h2,6-7H,1,3-5H2,(H,10,13). The summed E-state index contributed by atoms with van der Waals surface area (Å²) in [6, 6.07) is -0.438. The molecule has 1 heterocycles. The Morgan fingerprint density at radius 3 is 2.77 bits per heavy atom. The van der Waals surface area contributed by atoms with Crippen LogP contribution in [0.5, 0.6) is 0 Å². The molecule has 0 aromatic carbocycles. The molecule has 3 amide bonds. The highest BCUT2D eigenvalue weighted by molar-refractivity contribution is 6.04. The molecule has 4 nitrogen and oxygen atoms in total. The van der Waals surface area contributed by atoms with Crippen LogP contribution in [0.3, 0.4) is 0 Å². The van der Waals surface area contributed by atoms with Crippen molar-refractivity contribution in [3.63, 3.8) is 0 Å². The highest BCUT2D eigenvalue weighted by Gasteiger charge is 2.45. The number of rotatable bonds is 3. The summed E-state index contributed by atoms with van der Waals surface area (Å²) in [5, 5.41) is 2.64. The molecule has 1 saturated heterocycles. The Balaban J connectivity index is 2.09. The van der Waals surface area contributed by atoms with Gasteiger partial charge >= 0.3 is 6.03 Å². The number of hydrogen-bond donors (Lipinski definition) is 1. The van der Waals surface area contributed by atoms with Gasteiger partial charge in [-0.3, -0.25) is 9.69 Å². The van der Waals surface area contributed by atoms with Gasteiger partial charge in [0.1, 0.15) is 6.04 Å². The Kier molecular flexibility index (Phi) is 1.83. The van der Waals surface area contributed by atoms with Gasteiger partial charge in [-0.1, -0.05) is 6.08 Å². The van der Waals surface area contributed by atoms with E-state index >= 15 is 0 Å². The molecule has 1 aliphatic carbocycles. The van der Waals surface area contributed by atoms with Gasteiger partial charge in [-0.15, -0.1) is 6.58 Å². The van der Waals surface area contributed by atoms with E-state index in [-0.39, 0.29) is 24.0 Å². The van der Waals surface area contributed by atoms with Crippen LogP contribution in [-0.4, -0.2) is 28.9 Å². The Hall–Kier alpha value is -1.32. The highest BCUT2D eigenvalue weighted by atomic mass is 16.2. The molecule has 4 heteroatoms. The Morgan fingerprint density at radius 1 is 1.54 bits per heavy atom. The topological polar surface area (TPSA) is 49.4 Å². The summed E-state index contributed by atoms with van der Waals surface area (Å²) in [6.07, 6.45) is 4.09. The minimum Gasteiger partial charge on any atom is -0.325 e. The third kappa shape index (κ3) is 1.32. The third-order valence-electron chi connectivity index (χ3n) is 2.37. The largest absolute Gasteiger partial charge is 0.325 e. The molecular weight excluding hydrogens is 168 g/mol. The highest BCUT2D eigenvalue weighted by Crippen LogP contribution is 2.29. The van der Waals surface area contributed by atoms with Gasteiger partial charge in [0.2, 0.25) is 0 Å². The van der Waals surface area contributed by atoms with E-state index in [4.69, 9.17) is 0 Å². The van der Waals surface area contributed by atoms with Crippen LogP contribution in [0, 0.1) is 0 Å². The lowest BCUT2D eigenvalue weighted by Gasteiger charge is -2.10. The molecular formula is C9H12N2O2. The first-order chi connectivity index (χ1) is 6.24. The first-order valence-corrected chi connectivity index (χ1v) is 4.48. The number of urea groups is 1. The molecule has 1 atom stereocenters. The Bertz CT molecular complexity index is 271. The predicted octanol–water partition coefficient (Wildman–Crippen LogP) is 0.645. The number of carbonyl (C=O) groups excluding carboxylic acids is 2. The van der Waals surface area contributed by atoms with Gasteiger partial charge in [-0.05, 0) is 19.3 Å². The van der Waals surface area contributed by atoms with E-state index in [2.05, 4.69) is 11.9 Å². The van der Waals surface area contributed by atoms with E-state index in [0.717, 1.165) is 12.8 Å². The summed E-state index contributed by atoms with van der Waals surface area (Å²) < 4.78 is 0. The summed E-state index contributed by atoms with van der Waals surface area (Å²) in [5.74, 6) is -0.0904. The maximum atomic E-state index is 11.6. The van der Waals surface area contributed by atoms with Crippen molar-refractivity contribution in [1.82, 2.24) is 10.2 Å². The van der Waals surface area contributed by atoms with Crippen molar-refractivity contribution in [1.29, 1.82) is 0 Å². The fourth-order valence-corrected chi connectivity index (χ4v) is 1.55. The van der Waals surface area contributed by atoms with Gasteiger partial charge in [0.05, 0.1) is 0 Å². The van der Waals surface area contributed by atoms with Crippen molar-refractivity contribution in [2.24, 2.45) is 0 Å². The maximum absolute atomic E-state index is 11.6. The van der Waals surface area contributed by atoms with Crippen molar-refractivity contribution in [3.8, 4) is 0 Å². The number of nitrogens with zero attached hydrogens (tertiary/aromatic N) is 1. The average molecular weight is 180 g/mol. The minimum atomic E-state index is -0.370. The van der Waals surface area contributed by atoms with Crippen LogP contribution >= 0.6 is 0 Å². The Morgan fingerprint density at radius 2 is 2.23 bits per heavy atom. The lowest BCUT2D eigenvalue weighted by atomic mass is 10.2. The van der Waals surface area contributed by atoms with E-state index in [1.807, 2.05) is 0 Å². The molecule has 1 saturated carbocycles. The first-order valence-electron chi connectivity index (χ1n) is 4.48. The number of hydrogen-bond acceptors (Lipinski definition) is 2. The summed E-state index contributed by atoms with van der Waals surface area (Å²) in [4.78, 5) is 24.2. The Labute approximate surface area is 76.6 Å². The molecule has 0 radical (unpaired) electrons. The smallest absolute Gasteiger partial charge is 0.325 e. The molecule has 1 N–H and O–H groups in total. The second-order valence-electron chi connectivity index (χ2n) is 3.47. The molecule has 1 unspecified atom stereocenters.